The van der Waals surface area contributed by atoms with Crippen molar-refractivity contribution in [3.63, 3.8) is 0 Å². The molecule has 2 aromatic heterocycles. The van der Waals surface area contributed by atoms with Crippen molar-refractivity contribution in [2.24, 2.45) is 5.92 Å². The van der Waals surface area contributed by atoms with E-state index in [1.54, 1.807) is 6.20 Å². The first-order chi connectivity index (χ1) is 15.2. The summed E-state index contributed by atoms with van der Waals surface area (Å²) < 4.78 is 5.93. The van der Waals surface area contributed by atoms with Gasteiger partial charge in [0.1, 0.15) is 11.6 Å². The number of ether oxygens (including phenoxy) is 1. The molecule has 0 saturated heterocycles. The summed E-state index contributed by atoms with van der Waals surface area (Å²) in [4.78, 5) is 19.3. The fraction of sp³-hybridized carbons (Fsp3) is 0.440. The topological polar surface area (TPSA) is 87.2 Å². The van der Waals surface area contributed by atoms with Crippen molar-refractivity contribution < 1.29 is 14.6 Å². The van der Waals surface area contributed by atoms with Gasteiger partial charge in [0.25, 0.3) is 0 Å². The lowest BCUT2D eigenvalue weighted by Crippen LogP contribution is -2.16. The van der Waals surface area contributed by atoms with Gasteiger partial charge < -0.3 is 20.1 Å². The maximum Gasteiger partial charge on any atom is 0.306 e. The van der Waals surface area contributed by atoms with Crippen LogP contribution in [0.4, 0.5) is 5.82 Å². The minimum atomic E-state index is -0.710. The Morgan fingerprint density at radius 3 is 2.87 bits per heavy atom. The molecule has 0 aliphatic rings. The molecule has 0 fully saturated rings. The molecule has 0 bridgehead atoms. The molecule has 1 aromatic carbocycles. The lowest BCUT2D eigenvalue weighted by Gasteiger charge is -2.12. The van der Waals surface area contributed by atoms with Crippen LogP contribution in [0.3, 0.4) is 0 Å². The summed E-state index contributed by atoms with van der Waals surface area (Å²) in [6, 6.07) is 11.8. The van der Waals surface area contributed by atoms with Crippen LogP contribution in [-0.4, -0.2) is 34.2 Å². The number of anilines is 1. The van der Waals surface area contributed by atoms with Crippen molar-refractivity contribution in [1.82, 2.24) is 9.97 Å². The van der Waals surface area contributed by atoms with E-state index in [1.165, 1.54) is 0 Å². The largest absolute Gasteiger partial charge is 0.494 e. The Morgan fingerprint density at radius 2 is 2.10 bits per heavy atom. The third-order valence-electron chi connectivity index (χ3n) is 5.52. The molecule has 3 rings (SSSR count). The van der Waals surface area contributed by atoms with Crippen molar-refractivity contribution in [3.8, 4) is 5.75 Å². The van der Waals surface area contributed by atoms with E-state index in [0.29, 0.717) is 13.0 Å². The van der Waals surface area contributed by atoms with E-state index in [0.717, 1.165) is 73.1 Å². The van der Waals surface area contributed by atoms with Gasteiger partial charge in [-0.25, -0.2) is 4.98 Å². The molecule has 166 valence electrons. The number of hydrogen-bond acceptors (Lipinski definition) is 4. The highest BCUT2D eigenvalue weighted by Gasteiger charge is 2.19. The van der Waals surface area contributed by atoms with E-state index < -0.39 is 5.97 Å². The molecule has 0 saturated carbocycles. The standard InChI is InChI=1S/C25H33N3O3/c1-2-3-4-5-9-19(25(29)30)16-20-18-28-23-12-11-21(17-22(20)23)31-15-8-14-27-24-10-6-7-13-26-24/h6-7,10-13,17-19,28H,2-5,8-9,14-16H2,1H3,(H,26,27)(H,29,30). The highest BCUT2D eigenvalue weighted by molar-refractivity contribution is 5.85. The van der Waals surface area contributed by atoms with Crippen molar-refractivity contribution in [3.05, 3.63) is 54.4 Å². The molecule has 0 aliphatic heterocycles. The summed E-state index contributed by atoms with van der Waals surface area (Å²) in [7, 11) is 0. The molecule has 6 heteroatoms. The lowest BCUT2D eigenvalue weighted by molar-refractivity contribution is -0.141. The molecule has 3 N–H and O–H groups in total. The average molecular weight is 424 g/mol. The number of unbranched alkanes of at least 4 members (excludes halogenated alkanes) is 3. The number of aromatic nitrogens is 2. The Morgan fingerprint density at radius 1 is 1.19 bits per heavy atom. The molecule has 0 radical (unpaired) electrons. The number of H-pyrrole nitrogens is 1. The van der Waals surface area contributed by atoms with Gasteiger partial charge in [-0.1, -0.05) is 38.7 Å². The number of carbonyl (C=O) groups is 1. The molecule has 3 aromatic rings. The Kier molecular flexibility index (Phi) is 8.76. The molecule has 1 atom stereocenters. The number of benzene rings is 1. The summed E-state index contributed by atoms with van der Waals surface area (Å²) >= 11 is 0. The SMILES string of the molecule is CCCCCCC(Cc1c[nH]c2ccc(OCCCNc3ccccn3)cc12)C(=O)O. The molecule has 0 aliphatic carbocycles. The summed E-state index contributed by atoms with van der Waals surface area (Å²) in [6.07, 6.45) is 10.2. The van der Waals surface area contributed by atoms with E-state index in [9.17, 15) is 9.90 Å². The maximum absolute atomic E-state index is 11.8. The minimum absolute atomic E-state index is 0.349. The van der Waals surface area contributed by atoms with Crippen LogP contribution in [0.25, 0.3) is 10.9 Å². The van der Waals surface area contributed by atoms with E-state index in [4.69, 9.17) is 4.74 Å². The van der Waals surface area contributed by atoms with Crippen molar-refractivity contribution in [2.45, 2.75) is 51.9 Å². The third-order valence-corrected chi connectivity index (χ3v) is 5.52. The predicted molar refractivity (Wildman–Crippen MR) is 125 cm³/mol. The van der Waals surface area contributed by atoms with Crippen LogP contribution in [0, 0.1) is 5.92 Å². The first-order valence-electron chi connectivity index (χ1n) is 11.3. The zero-order chi connectivity index (χ0) is 21.9. The van der Waals surface area contributed by atoms with Crippen molar-refractivity contribution in [2.75, 3.05) is 18.5 Å². The number of nitrogens with one attached hydrogen (secondary N) is 2. The number of carboxylic acid groups (broad SMARTS) is 1. The third kappa shape index (κ3) is 7.02. The normalized spacial score (nSPS) is 12.0. The zero-order valence-electron chi connectivity index (χ0n) is 18.3. The number of carboxylic acids is 1. The number of rotatable bonds is 14. The van der Waals surface area contributed by atoms with Crippen LogP contribution in [0.2, 0.25) is 0 Å². The molecule has 1 unspecified atom stereocenters. The first-order valence-corrected chi connectivity index (χ1v) is 11.3. The van der Waals surface area contributed by atoms with Crippen LogP contribution in [0.5, 0.6) is 5.75 Å². The second kappa shape index (κ2) is 12.0. The van der Waals surface area contributed by atoms with Gasteiger partial charge in [0.2, 0.25) is 0 Å². The smallest absolute Gasteiger partial charge is 0.306 e. The molecule has 31 heavy (non-hydrogen) atoms. The number of fused-ring (bicyclic) bond motifs is 1. The van der Waals surface area contributed by atoms with Crippen LogP contribution < -0.4 is 10.1 Å². The molecule has 0 spiro atoms. The fourth-order valence-corrected chi connectivity index (χ4v) is 3.76. The highest BCUT2D eigenvalue weighted by Crippen LogP contribution is 2.27. The van der Waals surface area contributed by atoms with Crippen LogP contribution in [0.1, 0.15) is 51.0 Å². The number of pyridine rings is 1. The fourth-order valence-electron chi connectivity index (χ4n) is 3.76. The summed E-state index contributed by atoms with van der Waals surface area (Å²) in [5.74, 6) is 0.612. The molecule has 2 heterocycles. The van der Waals surface area contributed by atoms with Crippen LogP contribution >= 0.6 is 0 Å². The average Bonchev–Trinajstić information content (AvgIpc) is 3.18. The van der Waals surface area contributed by atoms with Gasteiger partial charge in [-0.3, -0.25) is 4.79 Å². The van der Waals surface area contributed by atoms with Gasteiger partial charge in [0, 0.05) is 29.8 Å². The van der Waals surface area contributed by atoms with Crippen LogP contribution in [0.15, 0.2) is 48.8 Å². The van der Waals surface area contributed by atoms with Crippen molar-refractivity contribution >= 4 is 22.7 Å². The van der Waals surface area contributed by atoms with E-state index in [1.807, 2.05) is 42.6 Å². The Bertz CT molecular complexity index is 940. The second-order valence-corrected chi connectivity index (χ2v) is 7.95. The summed E-state index contributed by atoms with van der Waals surface area (Å²) in [5, 5.41) is 14.0. The Hall–Kier alpha value is -3.02. The second-order valence-electron chi connectivity index (χ2n) is 7.95. The van der Waals surface area contributed by atoms with Gasteiger partial charge in [-0.2, -0.15) is 0 Å². The Balaban J connectivity index is 1.53. The summed E-state index contributed by atoms with van der Waals surface area (Å²) in [5.41, 5.74) is 2.05. The van der Waals surface area contributed by atoms with Gasteiger partial charge in [0.05, 0.1) is 12.5 Å². The quantitative estimate of drug-likeness (QED) is 0.291. The lowest BCUT2D eigenvalue weighted by atomic mass is 9.93. The highest BCUT2D eigenvalue weighted by atomic mass is 16.5. The minimum Gasteiger partial charge on any atom is -0.494 e. The van der Waals surface area contributed by atoms with Gasteiger partial charge in [0.15, 0.2) is 0 Å². The number of aliphatic carboxylic acids is 1. The zero-order valence-corrected chi connectivity index (χ0v) is 18.3. The van der Waals surface area contributed by atoms with Gasteiger partial charge in [-0.15, -0.1) is 0 Å². The van der Waals surface area contributed by atoms with E-state index in [-0.39, 0.29) is 5.92 Å². The van der Waals surface area contributed by atoms with E-state index >= 15 is 0 Å². The van der Waals surface area contributed by atoms with Gasteiger partial charge in [-0.05, 0) is 55.2 Å². The maximum atomic E-state index is 11.8. The Labute approximate surface area is 184 Å². The van der Waals surface area contributed by atoms with E-state index in [2.05, 4.69) is 22.2 Å². The van der Waals surface area contributed by atoms with Gasteiger partial charge >= 0.3 is 5.97 Å². The number of hydrogen-bond donors (Lipinski definition) is 3. The molecule has 6 nitrogen and oxygen atoms in total. The molecular formula is C25H33N3O3. The first kappa shape index (κ1) is 22.7. The monoisotopic (exact) mass is 423 g/mol. The predicted octanol–water partition coefficient (Wildman–Crippen LogP) is 5.66. The van der Waals surface area contributed by atoms with Crippen LogP contribution in [-0.2, 0) is 11.2 Å². The number of aromatic amines is 1. The molecular weight excluding hydrogens is 390 g/mol. The van der Waals surface area contributed by atoms with Crippen molar-refractivity contribution in [1.29, 1.82) is 0 Å². The summed E-state index contributed by atoms with van der Waals surface area (Å²) in [6.45, 7) is 3.55. The number of nitrogens with zero attached hydrogens (tertiary/aromatic N) is 1. The molecule has 0 amide bonds.